The molecule has 0 bridgehead atoms. The molecule has 18 heavy (non-hydrogen) atoms. The molecule has 0 saturated carbocycles. The van der Waals surface area contributed by atoms with Gasteiger partial charge in [-0.15, -0.1) is 12.6 Å². The van der Waals surface area contributed by atoms with E-state index < -0.39 is 0 Å². The molecule has 0 spiro atoms. The Morgan fingerprint density at radius 1 is 1.39 bits per heavy atom. The topological polar surface area (TPSA) is 39.2 Å². The van der Waals surface area contributed by atoms with Crippen molar-refractivity contribution < 1.29 is 9.53 Å². The van der Waals surface area contributed by atoms with Gasteiger partial charge in [-0.05, 0) is 18.6 Å². The quantitative estimate of drug-likeness (QED) is 0.510. The minimum Gasteiger partial charge on any atom is -0.385 e. The summed E-state index contributed by atoms with van der Waals surface area (Å²) in [5.74, 6) is 0.124. The van der Waals surface area contributed by atoms with Gasteiger partial charge in [-0.3, -0.25) is 9.78 Å². The van der Waals surface area contributed by atoms with E-state index in [-0.39, 0.29) is 5.78 Å². The lowest BCUT2D eigenvalue weighted by molar-refractivity contribution is 0.0965. The van der Waals surface area contributed by atoms with Gasteiger partial charge in [-0.2, -0.15) is 0 Å². The first-order valence-corrected chi connectivity index (χ1v) is 6.27. The minimum atomic E-state index is 0.124. The standard InChI is InChI=1S/C14H15NO2S/c1-17-9-3-5-12(16)10-7-8-15-14-11(10)4-2-6-13(14)18/h2,4,6-8,18H,3,5,9H2,1H3. The highest BCUT2D eigenvalue weighted by atomic mass is 32.1. The summed E-state index contributed by atoms with van der Waals surface area (Å²) in [7, 11) is 1.64. The zero-order valence-electron chi connectivity index (χ0n) is 10.2. The first-order chi connectivity index (χ1) is 8.74. The van der Waals surface area contributed by atoms with Gasteiger partial charge in [0.05, 0.1) is 5.52 Å². The second-order valence-electron chi connectivity index (χ2n) is 4.05. The summed E-state index contributed by atoms with van der Waals surface area (Å²) in [5.41, 5.74) is 1.49. The maximum Gasteiger partial charge on any atom is 0.163 e. The number of para-hydroxylation sites is 1. The molecule has 4 heteroatoms. The van der Waals surface area contributed by atoms with Crippen LogP contribution in [-0.2, 0) is 4.74 Å². The van der Waals surface area contributed by atoms with Crippen LogP contribution in [0.15, 0.2) is 35.4 Å². The Labute approximate surface area is 112 Å². The van der Waals surface area contributed by atoms with Gasteiger partial charge in [0.1, 0.15) is 0 Å². The van der Waals surface area contributed by atoms with E-state index in [1.54, 1.807) is 19.4 Å². The molecule has 0 aliphatic heterocycles. The number of rotatable bonds is 5. The van der Waals surface area contributed by atoms with Gasteiger partial charge >= 0.3 is 0 Å². The smallest absolute Gasteiger partial charge is 0.163 e. The molecule has 94 valence electrons. The highest BCUT2D eigenvalue weighted by molar-refractivity contribution is 7.80. The predicted octanol–water partition coefficient (Wildman–Crippen LogP) is 3.13. The van der Waals surface area contributed by atoms with Crippen molar-refractivity contribution >= 4 is 29.3 Å². The van der Waals surface area contributed by atoms with Crippen LogP contribution in [0, 0.1) is 0 Å². The third-order valence-electron chi connectivity index (χ3n) is 2.80. The number of ether oxygens (including phenoxy) is 1. The number of pyridine rings is 1. The van der Waals surface area contributed by atoms with Crippen LogP contribution in [0.3, 0.4) is 0 Å². The molecule has 0 atom stereocenters. The number of carbonyl (C=O) groups is 1. The van der Waals surface area contributed by atoms with Crippen LogP contribution in [0.2, 0.25) is 0 Å². The monoisotopic (exact) mass is 261 g/mol. The van der Waals surface area contributed by atoms with Crippen molar-refractivity contribution in [1.82, 2.24) is 4.98 Å². The predicted molar refractivity (Wildman–Crippen MR) is 74.4 cm³/mol. The molecule has 1 aromatic heterocycles. The molecule has 0 radical (unpaired) electrons. The third-order valence-corrected chi connectivity index (χ3v) is 3.16. The lowest BCUT2D eigenvalue weighted by Crippen LogP contribution is -2.02. The molecule has 1 aromatic carbocycles. The van der Waals surface area contributed by atoms with Crippen molar-refractivity contribution in [1.29, 1.82) is 0 Å². The summed E-state index contributed by atoms with van der Waals surface area (Å²) in [4.78, 5) is 17.2. The fourth-order valence-electron chi connectivity index (χ4n) is 1.92. The Bertz CT molecular complexity index is 569. The van der Waals surface area contributed by atoms with E-state index >= 15 is 0 Å². The number of ketones is 1. The fourth-order valence-corrected chi connectivity index (χ4v) is 2.18. The van der Waals surface area contributed by atoms with Crippen molar-refractivity contribution in [2.75, 3.05) is 13.7 Å². The van der Waals surface area contributed by atoms with E-state index in [1.807, 2.05) is 18.2 Å². The number of thiol groups is 1. The molecule has 0 amide bonds. The average Bonchev–Trinajstić information content (AvgIpc) is 2.39. The zero-order valence-corrected chi connectivity index (χ0v) is 11.1. The molecule has 0 unspecified atom stereocenters. The number of nitrogens with zero attached hydrogens (tertiary/aromatic N) is 1. The number of aromatic nitrogens is 1. The van der Waals surface area contributed by atoms with E-state index in [4.69, 9.17) is 4.74 Å². The second kappa shape index (κ2) is 5.98. The molecule has 0 saturated heterocycles. The molecular weight excluding hydrogens is 246 g/mol. The number of hydrogen-bond acceptors (Lipinski definition) is 4. The summed E-state index contributed by atoms with van der Waals surface area (Å²) in [6.45, 7) is 0.604. The van der Waals surface area contributed by atoms with Crippen LogP contribution in [0.1, 0.15) is 23.2 Å². The molecule has 0 aliphatic carbocycles. The van der Waals surface area contributed by atoms with Crippen molar-refractivity contribution in [2.24, 2.45) is 0 Å². The van der Waals surface area contributed by atoms with Gasteiger partial charge in [0.2, 0.25) is 0 Å². The second-order valence-corrected chi connectivity index (χ2v) is 4.53. The average molecular weight is 261 g/mol. The van der Waals surface area contributed by atoms with E-state index in [0.29, 0.717) is 18.6 Å². The molecule has 1 heterocycles. The van der Waals surface area contributed by atoms with Gasteiger partial charge in [-0.1, -0.05) is 12.1 Å². The molecule has 2 aromatic rings. The lowest BCUT2D eigenvalue weighted by Gasteiger charge is -2.06. The maximum atomic E-state index is 12.1. The van der Waals surface area contributed by atoms with E-state index in [1.165, 1.54) is 0 Å². The SMILES string of the molecule is COCCCC(=O)c1ccnc2c(S)cccc12. The van der Waals surface area contributed by atoms with Gasteiger partial charge in [0, 0.05) is 42.2 Å². The summed E-state index contributed by atoms with van der Waals surface area (Å²) in [6, 6.07) is 7.44. The third kappa shape index (κ3) is 2.71. The van der Waals surface area contributed by atoms with Gasteiger partial charge in [0.15, 0.2) is 5.78 Å². The molecule has 2 rings (SSSR count). The Hall–Kier alpha value is -1.39. The van der Waals surface area contributed by atoms with E-state index in [2.05, 4.69) is 17.6 Å². The number of carbonyl (C=O) groups excluding carboxylic acids is 1. The Balaban J connectivity index is 2.33. The normalized spacial score (nSPS) is 10.8. The Morgan fingerprint density at radius 2 is 2.22 bits per heavy atom. The molecular formula is C14H15NO2S. The van der Waals surface area contributed by atoms with Gasteiger partial charge in [0.25, 0.3) is 0 Å². The zero-order chi connectivity index (χ0) is 13.0. The summed E-state index contributed by atoms with van der Waals surface area (Å²) in [5, 5.41) is 0.868. The largest absolute Gasteiger partial charge is 0.385 e. The number of hydrogen-bond donors (Lipinski definition) is 1. The lowest BCUT2D eigenvalue weighted by atomic mass is 10.0. The maximum absolute atomic E-state index is 12.1. The Kier molecular flexibility index (Phi) is 4.33. The van der Waals surface area contributed by atoms with Crippen LogP contribution in [-0.4, -0.2) is 24.5 Å². The van der Waals surface area contributed by atoms with E-state index in [0.717, 1.165) is 22.2 Å². The van der Waals surface area contributed by atoms with Crippen molar-refractivity contribution in [3.8, 4) is 0 Å². The summed E-state index contributed by atoms with van der Waals surface area (Å²) >= 11 is 4.36. The summed E-state index contributed by atoms with van der Waals surface area (Å²) < 4.78 is 4.96. The minimum absolute atomic E-state index is 0.124. The van der Waals surface area contributed by atoms with Crippen molar-refractivity contribution in [3.63, 3.8) is 0 Å². The Morgan fingerprint density at radius 3 is 3.00 bits per heavy atom. The first kappa shape index (κ1) is 13.1. The van der Waals surface area contributed by atoms with Crippen molar-refractivity contribution in [2.45, 2.75) is 17.7 Å². The highest BCUT2D eigenvalue weighted by Crippen LogP contribution is 2.23. The number of fused-ring (bicyclic) bond motifs is 1. The molecule has 3 nitrogen and oxygen atoms in total. The highest BCUT2D eigenvalue weighted by Gasteiger charge is 2.11. The molecule has 0 N–H and O–H groups in total. The first-order valence-electron chi connectivity index (χ1n) is 5.83. The van der Waals surface area contributed by atoms with Crippen LogP contribution in [0.25, 0.3) is 10.9 Å². The van der Waals surface area contributed by atoms with Crippen LogP contribution in [0.4, 0.5) is 0 Å². The fraction of sp³-hybridized carbons (Fsp3) is 0.286. The number of benzene rings is 1. The van der Waals surface area contributed by atoms with Crippen LogP contribution < -0.4 is 0 Å². The molecule has 0 aliphatic rings. The van der Waals surface area contributed by atoms with Gasteiger partial charge < -0.3 is 4.74 Å². The van der Waals surface area contributed by atoms with Crippen LogP contribution >= 0.6 is 12.6 Å². The molecule has 0 fully saturated rings. The van der Waals surface area contributed by atoms with E-state index in [9.17, 15) is 4.79 Å². The number of methoxy groups -OCH3 is 1. The van der Waals surface area contributed by atoms with Crippen LogP contribution in [0.5, 0.6) is 0 Å². The van der Waals surface area contributed by atoms with Gasteiger partial charge in [-0.25, -0.2) is 0 Å². The summed E-state index contributed by atoms with van der Waals surface area (Å²) in [6.07, 6.45) is 2.88. The number of Topliss-reactive ketones (excluding diaryl/α,β-unsaturated/α-hetero) is 1. The van der Waals surface area contributed by atoms with Crippen molar-refractivity contribution in [3.05, 3.63) is 36.0 Å².